The Morgan fingerprint density at radius 2 is 1.86 bits per heavy atom. The number of halogens is 1. The molecule has 0 saturated carbocycles. The Hall–Kier alpha value is -2.81. The van der Waals surface area contributed by atoms with Gasteiger partial charge in [0, 0.05) is 18.7 Å². The van der Waals surface area contributed by atoms with Crippen LogP contribution in [0, 0.1) is 12.7 Å². The molecule has 2 aromatic heterocycles. The summed E-state index contributed by atoms with van der Waals surface area (Å²) >= 11 is 0. The summed E-state index contributed by atoms with van der Waals surface area (Å²) in [6, 6.07) is 7.64. The molecule has 0 bridgehead atoms. The zero-order chi connectivity index (χ0) is 25.2. The molecule has 1 aliphatic heterocycles. The lowest BCUT2D eigenvalue weighted by Gasteiger charge is -2.23. The van der Waals surface area contributed by atoms with Crippen LogP contribution in [-0.4, -0.2) is 58.6 Å². The normalized spacial score (nSPS) is 17.2. The number of fused-ring (bicyclic) bond motifs is 1. The molecule has 188 valence electrons. The summed E-state index contributed by atoms with van der Waals surface area (Å²) in [5, 5.41) is 5.26. The van der Waals surface area contributed by atoms with E-state index in [2.05, 4.69) is 18.9 Å². The summed E-state index contributed by atoms with van der Waals surface area (Å²) in [7, 11) is -3.16. The number of carbonyl (C=O) groups excluding carboxylic acids is 1. The summed E-state index contributed by atoms with van der Waals surface area (Å²) < 4.78 is 40.8. The van der Waals surface area contributed by atoms with Crippen LogP contribution in [0.1, 0.15) is 68.0 Å². The number of benzene rings is 1. The monoisotopic (exact) mass is 500 g/mol. The molecule has 1 unspecified atom stereocenters. The maximum atomic E-state index is 14.8. The molecule has 0 radical (unpaired) electrons. The summed E-state index contributed by atoms with van der Waals surface area (Å²) in [6.07, 6.45) is 4.15. The SMILES string of the molecule is CCCCN(CCCC)C(=O)c1cc(-c2ccccc2F)nc2c1c(C)nn2C1CCS(=O)(=O)C1. The summed E-state index contributed by atoms with van der Waals surface area (Å²) in [6.45, 7) is 7.27. The second-order valence-electron chi connectivity index (χ2n) is 9.32. The Kier molecular flexibility index (Phi) is 7.54. The molecule has 3 aromatic rings. The van der Waals surface area contributed by atoms with Crippen LogP contribution >= 0.6 is 0 Å². The summed E-state index contributed by atoms with van der Waals surface area (Å²) in [4.78, 5) is 20.5. The number of aromatic nitrogens is 3. The smallest absolute Gasteiger partial charge is 0.254 e. The van der Waals surface area contributed by atoms with Crippen LogP contribution in [0.5, 0.6) is 0 Å². The number of unbranched alkanes of at least 4 members (excludes halogenated alkanes) is 2. The second kappa shape index (κ2) is 10.4. The Labute approximate surface area is 206 Å². The molecule has 1 aliphatic rings. The highest BCUT2D eigenvalue weighted by molar-refractivity contribution is 7.91. The van der Waals surface area contributed by atoms with Gasteiger partial charge in [0.05, 0.1) is 39.9 Å². The third kappa shape index (κ3) is 5.24. The first-order valence-electron chi connectivity index (χ1n) is 12.4. The van der Waals surface area contributed by atoms with Gasteiger partial charge in [-0.2, -0.15) is 5.10 Å². The van der Waals surface area contributed by atoms with Crippen molar-refractivity contribution < 1.29 is 17.6 Å². The van der Waals surface area contributed by atoms with Crippen LogP contribution in [-0.2, 0) is 9.84 Å². The van der Waals surface area contributed by atoms with Gasteiger partial charge in [-0.15, -0.1) is 0 Å². The molecule has 1 fully saturated rings. The van der Waals surface area contributed by atoms with Crippen molar-refractivity contribution in [3.8, 4) is 11.3 Å². The van der Waals surface area contributed by atoms with Crippen molar-refractivity contribution in [2.75, 3.05) is 24.6 Å². The van der Waals surface area contributed by atoms with Crippen molar-refractivity contribution in [2.45, 2.75) is 58.9 Å². The van der Waals surface area contributed by atoms with Crippen molar-refractivity contribution in [1.29, 1.82) is 0 Å². The highest BCUT2D eigenvalue weighted by Gasteiger charge is 2.33. The van der Waals surface area contributed by atoms with Crippen molar-refractivity contribution in [3.63, 3.8) is 0 Å². The van der Waals surface area contributed by atoms with Gasteiger partial charge in [0.2, 0.25) is 0 Å². The number of pyridine rings is 1. The zero-order valence-electron chi connectivity index (χ0n) is 20.6. The van der Waals surface area contributed by atoms with Gasteiger partial charge in [0.15, 0.2) is 15.5 Å². The Morgan fingerprint density at radius 1 is 1.17 bits per heavy atom. The largest absolute Gasteiger partial charge is 0.339 e. The quantitative estimate of drug-likeness (QED) is 0.415. The van der Waals surface area contributed by atoms with Gasteiger partial charge in [0.1, 0.15) is 5.82 Å². The number of aryl methyl sites for hydroxylation is 1. The standard InChI is InChI=1S/C26H33FN4O3S/c1-4-6-13-30(14-7-5-2)26(32)21-16-23(20-10-8-9-11-22(20)27)28-25-24(21)18(3)29-31(25)19-12-15-35(33,34)17-19/h8-11,16,19H,4-7,12-15,17H2,1-3H3. The summed E-state index contributed by atoms with van der Waals surface area (Å²) in [5.74, 6) is -0.480. The fourth-order valence-electron chi connectivity index (χ4n) is 4.69. The highest BCUT2D eigenvalue weighted by atomic mass is 32.2. The molecular weight excluding hydrogens is 467 g/mol. The average molecular weight is 501 g/mol. The van der Waals surface area contributed by atoms with E-state index >= 15 is 0 Å². The number of sulfone groups is 1. The van der Waals surface area contributed by atoms with Crippen LogP contribution < -0.4 is 0 Å². The van der Waals surface area contributed by atoms with Crippen molar-refractivity contribution in [3.05, 3.63) is 47.4 Å². The van der Waals surface area contributed by atoms with Gasteiger partial charge < -0.3 is 4.90 Å². The van der Waals surface area contributed by atoms with Gasteiger partial charge in [-0.25, -0.2) is 22.5 Å². The third-order valence-corrected chi connectivity index (χ3v) is 8.37. The van der Waals surface area contributed by atoms with Crippen molar-refractivity contribution in [2.24, 2.45) is 0 Å². The van der Waals surface area contributed by atoms with E-state index in [9.17, 15) is 17.6 Å². The molecule has 1 atom stereocenters. The third-order valence-electron chi connectivity index (χ3n) is 6.62. The molecule has 1 aromatic carbocycles. The molecule has 3 heterocycles. The van der Waals surface area contributed by atoms with Crippen LogP contribution in [0.4, 0.5) is 4.39 Å². The number of amides is 1. The Morgan fingerprint density at radius 3 is 2.46 bits per heavy atom. The molecule has 0 aliphatic carbocycles. The van der Waals surface area contributed by atoms with Crippen LogP contribution in [0.15, 0.2) is 30.3 Å². The fourth-order valence-corrected chi connectivity index (χ4v) is 6.39. The first-order chi connectivity index (χ1) is 16.8. The van der Waals surface area contributed by atoms with Crippen LogP contribution in [0.25, 0.3) is 22.3 Å². The van der Waals surface area contributed by atoms with E-state index in [1.807, 2.05) is 11.8 Å². The molecule has 0 N–H and O–H groups in total. The zero-order valence-corrected chi connectivity index (χ0v) is 21.4. The first kappa shape index (κ1) is 25.3. The van der Waals surface area contributed by atoms with E-state index in [1.54, 1.807) is 28.9 Å². The number of hydrogen-bond acceptors (Lipinski definition) is 5. The van der Waals surface area contributed by atoms with E-state index in [1.165, 1.54) is 6.07 Å². The molecule has 9 heteroatoms. The number of rotatable bonds is 9. The van der Waals surface area contributed by atoms with E-state index in [-0.39, 0.29) is 23.5 Å². The van der Waals surface area contributed by atoms with Crippen LogP contribution in [0.3, 0.4) is 0 Å². The van der Waals surface area contributed by atoms with Crippen molar-refractivity contribution in [1.82, 2.24) is 19.7 Å². The Balaban J connectivity index is 1.91. The predicted molar refractivity (Wildman–Crippen MR) is 136 cm³/mol. The maximum absolute atomic E-state index is 14.8. The lowest BCUT2D eigenvalue weighted by Crippen LogP contribution is -2.33. The molecule has 7 nitrogen and oxygen atoms in total. The van der Waals surface area contributed by atoms with Gasteiger partial charge >= 0.3 is 0 Å². The van der Waals surface area contributed by atoms with E-state index in [0.29, 0.717) is 53.1 Å². The molecule has 1 amide bonds. The highest BCUT2D eigenvalue weighted by Crippen LogP contribution is 2.33. The van der Waals surface area contributed by atoms with Gasteiger partial charge in [-0.05, 0) is 44.4 Å². The molecular formula is C26H33FN4O3S. The number of nitrogens with zero attached hydrogens (tertiary/aromatic N) is 4. The lowest BCUT2D eigenvalue weighted by atomic mass is 10.0. The molecule has 4 rings (SSSR count). The summed E-state index contributed by atoms with van der Waals surface area (Å²) in [5.41, 5.74) is 2.12. The van der Waals surface area contributed by atoms with E-state index < -0.39 is 15.7 Å². The first-order valence-corrected chi connectivity index (χ1v) is 14.2. The minimum Gasteiger partial charge on any atom is -0.339 e. The van der Waals surface area contributed by atoms with Gasteiger partial charge in [-0.3, -0.25) is 4.79 Å². The fraction of sp³-hybridized carbons (Fsp3) is 0.500. The lowest BCUT2D eigenvalue weighted by molar-refractivity contribution is 0.0753. The van der Waals surface area contributed by atoms with Crippen molar-refractivity contribution >= 4 is 26.8 Å². The predicted octanol–water partition coefficient (Wildman–Crippen LogP) is 4.95. The maximum Gasteiger partial charge on any atom is 0.254 e. The topological polar surface area (TPSA) is 85.2 Å². The molecule has 1 saturated heterocycles. The minimum absolute atomic E-state index is 0.0166. The Bertz CT molecular complexity index is 1330. The molecule has 35 heavy (non-hydrogen) atoms. The molecule has 0 spiro atoms. The van der Waals surface area contributed by atoms with E-state index in [0.717, 1.165) is 25.7 Å². The van der Waals surface area contributed by atoms with Gasteiger partial charge in [0.25, 0.3) is 5.91 Å². The number of hydrogen-bond donors (Lipinski definition) is 0. The second-order valence-corrected chi connectivity index (χ2v) is 11.5. The average Bonchev–Trinajstić information content (AvgIpc) is 3.37. The van der Waals surface area contributed by atoms with E-state index in [4.69, 9.17) is 4.98 Å². The number of carbonyl (C=O) groups is 1. The van der Waals surface area contributed by atoms with Crippen LogP contribution in [0.2, 0.25) is 0 Å². The minimum atomic E-state index is -3.16. The van der Waals surface area contributed by atoms with Gasteiger partial charge in [-0.1, -0.05) is 38.8 Å².